The minimum absolute atomic E-state index is 0.718. The molecule has 0 spiro atoms. The van der Waals surface area contributed by atoms with E-state index >= 15 is 0 Å². The highest BCUT2D eigenvalue weighted by atomic mass is 16.2. The van der Waals surface area contributed by atoms with Gasteiger partial charge in [-0.2, -0.15) is 0 Å². The van der Waals surface area contributed by atoms with E-state index < -0.39 is 6.03 Å². The molecule has 0 aliphatic rings. The van der Waals surface area contributed by atoms with Crippen molar-refractivity contribution in [2.75, 3.05) is 0 Å². The maximum Gasteiger partial charge on any atom is 0.326 e. The summed E-state index contributed by atoms with van der Waals surface area (Å²) in [6, 6.07) is 1.06. The standard InChI is InChI=1S/C4H4N2.CH5N3O/c1-2-5-4-6-3-1;2-1(5)4-3/h1-4H;3H2,(H3,2,4,5). The molecule has 0 saturated heterocycles. The van der Waals surface area contributed by atoms with E-state index in [1.807, 2.05) is 0 Å². The molecule has 0 saturated carbocycles. The largest absolute Gasteiger partial charge is 0.351 e. The van der Waals surface area contributed by atoms with Gasteiger partial charge in [-0.05, 0) is 6.07 Å². The number of nitrogens with two attached hydrogens (primary N) is 2. The number of carbonyl (C=O) groups is 1. The van der Waals surface area contributed by atoms with Crippen molar-refractivity contribution in [3.8, 4) is 0 Å². The van der Waals surface area contributed by atoms with E-state index in [0.29, 0.717) is 0 Å². The molecule has 0 bridgehead atoms. The van der Waals surface area contributed by atoms with Crippen LogP contribution in [0.2, 0.25) is 0 Å². The van der Waals surface area contributed by atoms with Crippen molar-refractivity contribution in [3.05, 3.63) is 24.8 Å². The van der Waals surface area contributed by atoms with Crippen LogP contribution in [-0.4, -0.2) is 16.0 Å². The fourth-order valence-electron chi connectivity index (χ4n) is 0.253. The number of nitrogens with one attached hydrogen (secondary N) is 1. The second-order valence-corrected chi connectivity index (χ2v) is 1.41. The number of hydrogen-bond acceptors (Lipinski definition) is 4. The van der Waals surface area contributed by atoms with E-state index in [1.54, 1.807) is 23.9 Å². The molecule has 0 unspecified atom stereocenters. The van der Waals surface area contributed by atoms with Crippen LogP contribution in [-0.2, 0) is 0 Å². The zero-order valence-electron chi connectivity index (χ0n) is 5.77. The predicted octanol–water partition coefficient (Wildman–Crippen LogP) is -0.995. The Bertz CT molecular complexity index is 163. The SMILES string of the molecule is NNC(N)=O.c1cncnc1. The summed E-state index contributed by atoms with van der Waals surface area (Å²) in [6.07, 6.45) is 4.88. The number of nitrogens with zero attached hydrogens (tertiary/aromatic N) is 2. The van der Waals surface area contributed by atoms with Crippen LogP contribution in [0.1, 0.15) is 0 Å². The molecule has 1 aromatic heterocycles. The lowest BCUT2D eigenvalue weighted by Gasteiger charge is -1.81. The van der Waals surface area contributed by atoms with Crippen molar-refractivity contribution >= 4 is 6.03 Å². The molecule has 1 rings (SSSR count). The summed E-state index contributed by atoms with van der Waals surface area (Å²) in [5.41, 5.74) is 6.08. The third kappa shape index (κ3) is 8.31. The van der Waals surface area contributed by atoms with Crippen molar-refractivity contribution in [2.45, 2.75) is 0 Å². The first-order valence-corrected chi connectivity index (χ1v) is 2.73. The first-order valence-electron chi connectivity index (χ1n) is 2.73. The van der Waals surface area contributed by atoms with Gasteiger partial charge in [0.2, 0.25) is 0 Å². The zero-order valence-corrected chi connectivity index (χ0v) is 5.77. The molecule has 0 atom stereocenters. The molecule has 6 nitrogen and oxygen atoms in total. The Morgan fingerprint density at radius 2 is 1.82 bits per heavy atom. The maximum absolute atomic E-state index is 9.35. The number of rotatable bonds is 0. The monoisotopic (exact) mass is 155 g/mol. The van der Waals surface area contributed by atoms with Crippen molar-refractivity contribution in [3.63, 3.8) is 0 Å². The molecule has 6 heteroatoms. The predicted molar refractivity (Wildman–Crippen MR) is 38.9 cm³/mol. The molecular formula is C5H9N5O. The molecule has 11 heavy (non-hydrogen) atoms. The van der Waals surface area contributed by atoms with Crippen molar-refractivity contribution in [1.29, 1.82) is 0 Å². The summed E-state index contributed by atoms with van der Waals surface area (Å²) >= 11 is 0. The summed E-state index contributed by atoms with van der Waals surface area (Å²) < 4.78 is 0. The number of urea groups is 1. The van der Waals surface area contributed by atoms with Crippen LogP contribution < -0.4 is 17.0 Å². The highest BCUT2D eigenvalue weighted by Gasteiger charge is 1.73. The molecule has 0 aromatic carbocycles. The van der Waals surface area contributed by atoms with Gasteiger partial charge in [0.25, 0.3) is 0 Å². The lowest BCUT2D eigenvalue weighted by atomic mass is 10.7. The molecule has 5 N–H and O–H groups in total. The second kappa shape index (κ2) is 6.43. The molecule has 1 aromatic rings. The van der Waals surface area contributed by atoms with Crippen LogP contribution in [0.3, 0.4) is 0 Å². The van der Waals surface area contributed by atoms with Gasteiger partial charge in [0, 0.05) is 12.4 Å². The zero-order chi connectivity index (χ0) is 8.53. The van der Waals surface area contributed by atoms with Crippen molar-refractivity contribution < 1.29 is 4.79 Å². The van der Waals surface area contributed by atoms with E-state index in [-0.39, 0.29) is 0 Å². The third-order valence-electron chi connectivity index (χ3n) is 0.620. The van der Waals surface area contributed by atoms with Crippen LogP contribution in [0.4, 0.5) is 4.79 Å². The Morgan fingerprint density at radius 3 is 1.91 bits per heavy atom. The molecule has 2 amide bonds. The fourth-order valence-corrected chi connectivity index (χ4v) is 0.253. The number of amides is 2. The van der Waals surface area contributed by atoms with Gasteiger partial charge in [-0.25, -0.2) is 20.6 Å². The van der Waals surface area contributed by atoms with Crippen molar-refractivity contribution in [2.24, 2.45) is 11.6 Å². The Morgan fingerprint density at radius 1 is 1.36 bits per heavy atom. The van der Waals surface area contributed by atoms with E-state index in [9.17, 15) is 4.79 Å². The average molecular weight is 155 g/mol. The molecule has 0 fully saturated rings. The molecule has 0 aliphatic heterocycles. The van der Waals surface area contributed by atoms with Crippen LogP contribution in [0, 0.1) is 0 Å². The number of hydrazine groups is 1. The van der Waals surface area contributed by atoms with Crippen molar-refractivity contribution in [1.82, 2.24) is 15.4 Å². The van der Waals surface area contributed by atoms with Gasteiger partial charge >= 0.3 is 6.03 Å². The minimum atomic E-state index is -0.718. The van der Waals surface area contributed by atoms with Crippen LogP contribution >= 0.6 is 0 Å². The van der Waals surface area contributed by atoms with Gasteiger partial charge in [0.05, 0.1) is 0 Å². The smallest absolute Gasteiger partial charge is 0.326 e. The highest BCUT2D eigenvalue weighted by molar-refractivity contribution is 5.70. The van der Waals surface area contributed by atoms with Gasteiger partial charge < -0.3 is 5.73 Å². The lowest BCUT2D eigenvalue weighted by Crippen LogP contribution is -2.34. The Hall–Kier alpha value is -1.69. The van der Waals surface area contributed by atoms with Gasteiger partial charge in [-0.3, -0.25) is 5.43 Å². The van der Waals surface area contributed by atoms with Crippen LogP contribution in [0.5, 0.6) is 0 Å². The van der Waals surface area contributed by atoms with E-state index in [4.69, 9.17) is 0 Å². The lowest BCUT2D eigenvalue weighted by molar-refractivity contribution is 0.249. The topological polar surface area (TPSA) is 107 Å². The molecule has 0 aliphatic carbocycles. The average Bonchev–Trinajstić information content (AvgIpc) is 2.09. The fraction of sp³-hybridized carbons (Fsp3) is 0. The molecular weight excluding hydrogens is 146 g/mol. The number of primary amides is 1. The highest BCUT2D eigenvalue weighted by Crippen LogP contribution is 1.66. The minimum Gasteiger partial charge on any atom is -0.351 e. The van der Waals surface area contributed by atoms with Gasteiger partial charge in [-0.1, -0.05) is 0 Å². The maximum atomic E-state index is 9.35. The molecule has 60 valence electrons. The quantitative estimate of drug-likeness (QED) is 0.254. The van der Waals surface area contributed by atoms with E-state index in [1.165, 1.54) is 6.33 Å². The summed E-state index contributed by atoms with van der Waals surface area (Å²) in [4.78, 5) is 16.7. The first-order chi connectivity index (χ1) is 5.27. The Labute approximate surface area is 63.6 Å². The van der Waals surface area contributed by atoms with Gasteiger partial charge in [-0.15, -0.1) is 0 Å². The number of hydrogen-bond donors (Lipinski definition) is 3. The third-order valence-corrected chi connectivity index (χ3v) is 0.620. The Kier molecular flexibility index (Phi) is 5.44. The number of aromatic nitrogens is 2. The van der Waals surface area contributed by atoms with Crippen LogP contribution in [0.25, 0.3) is 0 Å². The van der Waals surface area contributed by atoms with E-state index in [2.05, 4.69) is 21.5 Å². The first kappa shape index (κ1) is 9.31. The van der Waals surface area contributed by atoms with Gasteiger partial charge in [0.15, 0.2) is 0 Å². The summed E-state index contributed by atoms with van der Waals surface area (Å²) in [5, 5.41) is 0. The molecule has 0 radical (unpaired) electrons. The summed E-state index contributed by atoms with van der Waals surface area (Å²) in [5.74, 6) is 4.45. The Balaban J connectivity index is 0.000000187. The van der Waals surface area contributed by atoms with E-state index in [0.717, 1.165) is 0 Å². The number of carbonyl (C=O) groups excluding carboxylic acids is 1. The second-order valence-electron chi connectivity index (χ2n) is 1.41. The molecule has 1 heterocycles. The van der Waals surface area contributed by atoms with Crippen LogP contribution in [0.15, 0.2) is 24.8 Å². The summed E-state index contributed by atoms with van der Waals surface area (Å²) in [6.45, 7) is 0. The normalized spacial score (nSPS) is 7.36. The summed E-state index contributed by atoms with van der Waals surface area (Å²) in [7, 11) is 0. The van der Waals surface area contributed by atoms with Gasteiger partial charge in [0.1, 0.15) is 6.33 Å².